The highest BCUT2D eigenvalue weighted by Crippen LogP contribution is 2.32. The van der Waals surface area contributed by atoms with E-state index >= 15 is 0 Å². The van der Waals surface area contributed by atoms with Gasteiger partial charge in [0, 0.05) is 43.5 Å². The molecule has 3 unspecified atom stereocenters. The van der Waals surface area contributed by atoms with Crippen LogP contribution in [0, 0.1) is 11.6 Å². The summed E-state index contributed by atoms with van der Waals surface area (Å²) < 4.78 is 27.2. The van der Waals surface area contributed by atoms with Crippen molar-refractivity contribution in [3.05, 3.63) is 83.3 Å². The zero-order valence-electron chi connectivity index (χ0n) is 19.0. The number of hydrogen-bond acceptors (Lipinski definition) is 5. The Balaban J connectivity index is 1.48. The highest BCUT2D eigenvalue weighted by Gasteiger charge is 2.25. The lowest BCUT2D eigenvalue weighted by molar-refractivity contribution is -0.120. The average molecular weight is 467 g/mol. The van der Waals surface area contributed by atoms with E-state index in [0.29, 0.717) is 5.56 Å². The van der Waals surface area contributed by atoms with Crippen molar-refractivity contribution in [3.8, 4) is 11.3 Å². The number of aryl methyl sites for hydroxylation is 1. The maximum absolute atomic E-state index is 13.6. The Hall–Kier alpha value is -3.23. The van der Waals surface area contributed by atoms with Gasteiger partial charge in [-0.15, -0.1) is 0 Å². The molecular formula is C26H28F2N4O2. The number of hydrogen-bond donors (Lipinski definition) is 3. The van der Waals surface area contributed by atoms with Crippen LogP contribution in [0.3, 0.4) is 0 Å². The molecule has 8 heteroatoms. The monoisotopic (exact) mass is 466 g/mol. The molecule has 0 fully saturated rings. The summed E-state index contributed by atoms with van der Waals surface area (Å²) in [5, 5.41) is 17.0. The van der Waals surface area contributed by atoms with Gasteiger partial charge in [-0.2, -0.15) is 0 Å². The van der Waals surface area contributed by atoms with Crippen LogP contribution in [0.15, 0.2) is 55.0 Å². The van der Waals surface area contributed by atoms with Crippen molar-refractivity contribution in [2.75, 3.05) is 6.54 Å². The molecule has 1 aliphatic rings. The van der Waals surface area contributed by atoms with Gasteiger partial charge in [0.05, 0.1) is 24.0 Å². The average Bonchev–Trinajstić information content (AvgIpc) is 2.81. The number of aromatic nitrogens is 2. The molecule has 0 spiro atoms. The van der Waals surface area contributed by atoms with E-state index in [-0.39, 0.29) is 24.9 Å². The van der Waals surface area contributed by atoms with Gasteiger partial charge < -0.3 is 15.7 Å². The lowest BCUT2D eigenvalue weighted by atomic mass is 9.86. The first-order valence-corrected chi connectivity index (χ1v) is 11.4. The Morgan fingerprint density at radius 2 is 1.97 bits per heavy atom. The minimum absolute atomic E-state index is 0.0274. The van der Waals surface area contributed by atoms with Gasteiger partial charge in [0.1, 0.15) is 11.6 Å². The fourth-order valence-electron chi connectivity index (χ4n) is 4.55. The van der Waals surface area contributed by atoms with Gasteiger partial charge in [-0.3, -0.25) is 14.8 Å². The summed E-state index contributed by atoms with van der Waals surface area (Å²) in [6.45, 7) is 1.56. The SMILES string of the molecule is CC(=O)NC(Cc1cc(F)cc(F)c1)C(O)CNC1CCCc2ccc(-c3cnccn3)cc21. The van der Waals surface area contributed by atoms with Crippen molar-refractivity contribution in [1.29, 1.82) is 0 Å². The molecular weight excluding hydrogens is 438 g/mol. The number of aliphatic hydroxyl groups excluding tert-OH is 1. The van der Waals surface area contributed by atoms with Crippen LogP contribution in [0.25, 0.3) is 11.3 Å². The van der Waals surface area contributed by atoms with Gasteiger partial charge in [-0.05, 0) is 60.6 Å². The number of benzene rings is 2. The maximum Gasteiger partial charge on any atom is 0.217 e. The largest absolute Gasteiger partial charge is 0.390 e. The third-order valence-electron chi connectivity index (χ3n) is 6.12. The molecule has 0 bridgehead atoms. The van der Waals surface area contributed by atoms with Crippen molar-refractivity contribution in [1.82, 2.24) is 20.6 Å². The zero-order chi connectivity index (χ0) is 24.1. The molecule has 6 nitrogen and oxygen atoms in total. The first-order chi connectivity index (χ1) is 16.4. The number of carbonyl (C=O) groups is 1. The predicted octanol–water partition coefficient (Wildman–Crippen LogP) is 3.50. The highest BCUT2D eigenvalue weighted by molar-refractivity contribution is 5.73. The molecule has 1 amide bonds. The minimum atomic E-state index is -0.955. The number of nitrogens with zero attached hydrogens (tertiary/aromatic N) is 2. The summed E-state index contributed by atoms with van der Waals surface area (Å²) in [5.41, 5.74) is 4.55. The third-order valence-corrected chi connectivity index (χ3v) is 6.12. The first kappa shape index (κ1) is 23.9. The Kier molecular flexibility index (Phi) is 7.59. The number of aliphatic hydroxyl groups is 1. The molecule has 0 saturated carbocycles. The molecule has 0 aliphatic heterocycles. The molecule has 0 radical (unpaired) electrons. The lowest BCUT2D eigenvalue weighted by Gasteiger charge is -2.30. The van der Waals surface area contributed by atoms with E-state index in [2.05, 4.69) is 32.7 Å². The summed E-state index contributed by atoms with van der Waals surface area (Å²) in [6, 6.07) is 8.83. The standard InChI is InChI=1S/C26H28F2N4O2/c1-16(33)32-24(11-17-9-20(27)13-21(28)10-17)26(34)15-31-23-4-2-3-18-5-6-19(12-22(18)23)25-14-29-7-8-30-25/h5-10,12-14,23-24,26,31,34H,2-4,11,15H2,1H3,(H,32,33). The van der Waals surface area contributed by atoms with Gasteiger partial charge in [-0.1, -0.05) is 12.1 Å². The van der Waals surface area contributed by atoms with E-state index in [1.54, 1.807) is 18.6 Å². The molecule has 1 aromatic heterocycles. The Bertz CT molecular complexity index is 1120. The van der Waals surface area contributed by atoms with Crippen LogP contribution in [0.5, 0.6) is 0 Å². The zero-order valence-corrected chi connectivity index (χ0v) is 19.0. The topological polar surface area (TPSA) is 87.1 Å². The second-order valence-corrected chi connectivity index (χ2v) is 8.71. The minimum Gasteiger partial charge on any atom is -0.390 e. The molecule has 178 valence electrons. The number of amides is 1. The van der Waals surface area contributed by atoms with Gasteiger partial charge >= 0.3 is 0 Å². The fraction of sp³-hybridized carbons (Fsp3) is 0.346. The second kappa shape index (κ2) is 10.8. The number of rotatable bonds is 8. The molecule has 3 aromatic rings. The van der Waals surface area contributed by atoms with E-state index in [4.69, 9.17) is 0 Å². The van der Waals surface area contributed by atoms with Crippen molar-refractivity contribution >= 4 is 5.91 Å². The molecule has 1 heterocycles. The van der Waals surface area contributed by atoms with Crippen LogP contribution in [0.2, 0.25) is 0 Å². The van der Waals surface area contributed by atoms with Crippen LogP contribution in [-0.2, 0) is 17.6 Å². The van der Waals surface area contributed by atoms with Crippen LogP contribution in [0.4, 0.5) is 8.78 Å². The van der Waals surface area contributed by atoms with Gasteiger partial charge in [0.25, 0.3) is 0 Å². The molecule has 3 N–H and O–H groups in total. The second-order valence-electron chi connectivity index (χ2n) is 8.71. The summed E-state index contributed by atoms with van der Waals surface area (Å²) in [6.07, 6.45) is 7.08. The van der Waals surface area contributed by atoms with Crippen LogP contribution >= 0.6 is 0 Å². The van der Waals surface area contributed by atoms with E-state index in [1.807, 2.05) is 6.07 Å². The van der Waals surface area contributed by atoms with Gasteiger partial charge in [0.2, 0.25) is 5.91 Å². The van der Waals surface area contributed by atoms with E-state index in [0.717, 1.165) is 42.1 Å². The molecule has 0 saturated heterocycles. The van der Waals surface area contributed by atoms with E-state index in [9.17, 15) is 18.7 Å². The third kappa shape index (κ3) is 6.01. The van der Waals surface area contributed by atoms with Crippen molar-refractivity contribution in [2.24, 2.45) is 0 Å². The highest BCUT2D eigenvalue weighted by atomic mass is 19.1. The number of nitrogens with one attached hydrogen (secondary N) is 2. The quantitative estimate of drug-likeness (QED) is 0.473. The van der Waals surface area contributed by atoms with E-state index < -0.39 is 23.8 Å². The number of halogens is 2. The Morgan fingerprint density at radius 3 is 2.68 bits per heavy atom. The Morgan fingerprint density at radius 1 is 1.18 bits per heavy atom. The molecule has 2 aromatic carbocycles. The normalized spacial score (nSPS) is 17.0. The molecule has 3 atom stereocenters. The Labute approximate surface area is 197 Å². The lowest BCUT2D eigenvalue weighted by Crippen LogP contribution is -2.48. The smallest absolute Gasteiger partial charge is 0.217 e. The summed E-state index contributed by atoms with van der Waals surface area (Å²) in [4.78, 5) is 20.3. The van der Waals surface area contributed by atoms with Crippen molar-refractivity contribution in [3.63, 3.8) is 0 Å². The molecule has 1 aliphatic carbocycles. The predicted molar refractivity (Wildman–Crippen MR) is 125 cm³/mol. The van der Waals surface area contributed by atoms with Gasteiger partial charge in [-0.25, -0.2) is 8.78 Å². The number of fused-ring (bicyclic) bond motifs is 1. The molecule has 34 heavy (non-hydrogen) atoms. The van der Waals surface area contributed by atoms with Crippen LogP contribution < -0.4 is 10.6 Å². The summed E-state index contributed by atoms with van der Waals surface area (Å²) >= 11 is 0. The number of carbonyl (C=O) groups excluding carboxylic acids is 1. The fourth-order valence-corrected chi connectivity index (χ4v) is 4.55. The van der Waals surface area contributed by atoms with Crippen molar-refractivity contribution < 1.29 is 18.7 Å². The maximum atomic E-state index is 13.6. The first-order valence-electron chi connectivity index (χ1n) is 11.4. The molecule has 4 rings (SSSR count). The van der Waals surface area contributed by atoms with Crippen molar-refractivity contribution in [2.45, 2.75) is 50.8 Å². The summed E-state index contributed by atoms with van der Waals surface area (Å²) in [7, 11) is 0. The summed E-state index contributed by atoms with van der Waals surface area (Å²) in [5.74, 6) is -1.71. The van der Waals surface area contributed by atoms with E-state index in [1.165, 1.54) is 24.6 Å². The van der Waals surface area contributed by atoms with Crippen LogP contribution in [0.1, 0.15) is 42.5 Å². The van der Waals surface area contributed by atoms with Crippen LogP contribution in [-0.4, -0.2) is 39.7 Å². The van der Waals surface area contributed by atoms with Gasteiger partial charge in [0.15, 0.2) is 0 Å².